The average molecular weight is 404 g/mol. The largest absolute Gasteiger partial charge is 0.491 e. The Hall–Kier alpha value is -2.38. The van der Waals surface area contributed by atoms with Gasteiger partial charge in [0, 0.05) is 17.0 Å². The van der Waals surface area contributed by atoms with Crippen molar-refractivity contribution in [2.24, 2.45) is 0 Å². The molecule has 3 rings (SSSR count). The number of esters is 1. The first-order valence-electron chi connectivity index (χ1n) is 9.57. The Bertz CT molecular complexity index is 845. The molecule has 0 unspecified atom stereocenters. The van der Waals surface area contributed by atoms with Crippen molar-refractivity contribution in [1.29, 1.82) is 0 Å². The van der Waals surface area contributed by atoms with Crippen LogP contribution in [0.3, 0.4) is 0 Å². The number of anilines is 1. The molecule has 0 radical (unpaired) electrons. The Labute approximate surface area is 168 Å². The molecule has 0 aliphatic heterocycles. The van der Waals surface area contributed by atoms with Gasteiger partial charge >= 0.3 is 5.97 Å². The van der Waals surface area contributed by atoms with Gasteiger partial charge in [-0.3, -0.25) is 4.79 Å². The van der Waals surface area contributed by atoms with Crippen LogP contribution in [0.4, 0.5) is 5.00 Å². The highest BCUT2D eigenvalue weighted by Gasteiger charge is 2.28. The van der Waals surface area contributed by atoms with E-state index < -0.39 is 0 Å². The Balaban J connectivity index is 1.74. The van der Waals surface area contributed by atoms with Crippen LogP contribution in [0, 0.1) is 0 Å². The zero-order valence-corrected chi connectivity index (χ0v) is 17.0. The lowest BCUT2D eigenvalue weighted by atomic mass is 10.1. The molecule has 1 heterocycles. The molecule has 0 bridgehead atoms. The highest BCUT2D eigenvalue weighted by atomic mass is 32.1. The van der Waals surface area contributed by atoms with Gasteiger partial charge in [-0.25, -0.2) is 4.79 Å². The molecule has 28 heavy (non-hydrogen) atoms. The number of fused-ring (bicyclic) bond motifs is 1. The second-order valence-electron chi connectivity index (χ2n) is 6.31. The Kier molecular flexibility index (Phi) is 7.06. The molecule has 1 aromatic heterocycles. The van der Waals surface area contributed by atoms with E-state index in [1.165, 1.54) is 11.3 Å². The summed E-state index contributed by atoms with van der Waals surface area (Å²) in [4.78, 5) is 26.4. The fourth-order valence-corrected chi connectivity index (χ4v) is 4.45. The van der Waals surface area contributed by atoms with Crippen LogP contribution < -0.4 is 10.1 Å². The van der Waals surface area contributed by atoms with Crippen molar-refractivity contribution in [2.45, 2.75) is 33.1 Å². The molecular formula is C21H25NO5S. The fourth-order valence-electron chi connectivity index (χ4n) is 3.18. The molecule has 6 nitrogen and oxygen atoms in total. The fraction of sp³-hybridized carbons (Fsp3) is 0.429. The number of hydrogen-bond acceptors (Lipinski definition) is 6. The number of thiophene rings is 1. The van der Waals surface area contributed by atoms with E-state index in [1.54, 1.807) is 31.2 Å². The number of nitrogens with one attached hydrogen (secondary N) is 1. The molecule has 0 saturated heterocycles. The van der Waals surface area contributed by atoms with Crippen molar-refractivity contribution in [3.05, 3.63) is 45.8 Å². The molecule has 1 amide bonds. The van der Waals surface area contributed by atoms with Crippen molar-refractivity contribution >= 4 is 28.2 Å². The molecule has 0 fully saturated rings. The van der Waals surface area contributed by atoms with Crippen LogP contribution in [-0.2, 0) is 22.3 Å². The van der Waals surface area contributed by atoms with E-state index in [0.29, 0.717) is 48.3 Å². The Morgan fingerprint density at radius 1 is 1.14 bits per heavy atom. The minimum atomic E-state index is -0.370. The number of benzene rings is 1. The van der Waals surface area contributed by atoms with Crippen LogP contribution in [0.2, 0.25) is 0 Å². The molecule has 2 aromatic rings. The van der Waals surface area contributed by atoms with Gasteiger partial charge in [0.05, 0.1) is 18.8 Å². The van der Waals surface area contributed by atoms with Crippen LogP contribution >= 0.6 is 11.3 Å². The van der Waals surface area contributed by atoms with Crippen molar-refractivity contribution in [3.8, 4) is 5.75 Å². The standard InChI is InChI=1S/C21H25NO5S/c1-3-25-11-12-27-15-8-5-7-14(13-15)19(23)22-20-18(21(24)26-4-2)16-9-6-10-17(16)28-20/h5,7-8,13H,3-4,6,9-12H2,1-2H3,(H,22,23). The highest BCUT2D eigenvalue weighted by Crippen LogP contribution is 2.39. The molecule has 0 saturated carbocycles. The molecule has 150 valence electrons. The van der Waals surface area contributed by atoms with E-state index in [0.717, 1.165) is 29.7 Å². The lowest BCUT2D eigenvalue weighted by Gasteiger charge is -2.10. The van der Waals surface area contributed by atoms with Gasteiger partial charge in [-0.1, -0.05) is 6.07 Å². The van der Waals surface area contributed by atoms with Gasteiger partial charge in [-0.15, -0.1) is 11.3 Å². The van der Waals surface area contributed by atoms with Gasteiger partial charge in [0.2, 0.25) is 0 Å². The molecule has 0 spiro atoms. The van der Waals surface area contributed by atoms with Crippen molar-refractivity contribution < 1.29 is 23.8 Å². The van der Waals surface area contributed by atoms with E-state index in [9.17, 15) is 9.59 Å². The topological polar surface area (TPSA) is 73.9 Å². The van der Waals surface area contributed by atoms with Crippen LogP contribution in [0.1, 0.15) is 51.4 Å². The maximum atomic E-state index is 12.8. The van der Waals surface area contributed by atoms with Gasteiger partial charge in [0.15, 0.2) is 0 Å². The summed E-state index contributed by atoms with van der Waals surface area (Å²) in [6.07, 6.45) is 2.81. The number of carbonyl (C=O) groups is 2. The highest BCUT2D eigenvalue weighted by molar-refractivity contribution is 7.17. The first-order valence-corrected chi connectivity index (χ1v) is 10.4. The van der Waals surface area contributed by atoms with Crippen LogP contribution in [0.5, 0.6) is 5.75 Å². The summed E-state index contributed by atoms with van der Waals surface area (Å²) >= 11 is 1.47. The van der Waals surface area contributed by atoms with E-state index in [4.69, 9.17) is 14.2 Å². The number of carbonyl (C=O) groups excluding carboxylic acids is 2. The number of amides is 1. The van der Waals surface area contributed by atoms with E-state index in [2.05, 4.69) is 5.32 Å². The number of hydrogen-bond donors (Lipinski definition) is 1. The molecule has 1 aromatic carbocycles. The van der Waals surface area contributed by atoms with Crippen molar-refractivity contribution in [1.82, 2.24) is 0 Å². The second kappa shape index (κ2) is 9.71. The molecule has 0 atom stereocenters. The zero-order chi connectivity index (χ0) is 19.9. The Morgan fingerprint density at radius 3 is 2.79 bits per heavy atom. The monoisotopic (exact) mass is 403 g/mol. The minimum Gasteiger partial charge on any atom is -0.491 e. The SMILES string of the molecule is CCOCCOc1cccc(C(=O)Nc2sc3c(c2C(=O)OCC)CCC3)c1. The Morgan fingerprint density at radius 2 is 2.00 bits per heavy atom. The summed E-state index contributed by atoms with van der Waals surface area (Å²) in [7, 11) is 0. The zero-order valence-electron chi connectivity index (χ0n) is 16.2. The molecule has 1 aliphatic carbocycles. The van der Waals surface area contributed by atoms with E-state index in [1.807, 2.05) is 6.92 Å². The quantitative estimate of drug-likeness (QED) is 0.504. The number of ether oxygens (including phenoxy) is 3. The van der Waals surface area contributed by atoms with Gasteiger partial charge in [-0.2, -0.15) is 0 Å². The smallest absolute Gasteiger partial charge is 0.341 e. The molecule has 1 aliphatic rings. The lowest BCUT2D eigenvalue weighted by Crippen LogP contribution is -2.15. The second-order valence-corrected chi connectivity index (χ2v) is 7.41. The van der Waals surface area contributed by atoms with Crippen LogP contribution in [0.15, 0.2) is 24.3 Å². The summed E-state index contributed by atoms with van der Waals surface area (Å²) in [5.41, 5.74) is 2.00. The maximum absolute atomic E-state index is 12.8. The summed E-state index contributed by atoms with van der Waals surface area (Å²) in [5.74, 6) is -0.0439. The third-order valence-electron chi connectivity index (χ3n) is 4.42. The van der Waals surface area contributed by atoms with Crippen molar-refractivity contribution in [3.63, 3.8) is 0 Å². The van der Waals surface area contributed by atoms with Crippen LogP contribution in [-0.4, -0.2) is 38.3 Å². The molecule has 1 N–H and O–H groups in total. The van der Waals surface area contributed by atoms with E-state index in [-0.39, 0.29) is 11.9 Å². The van der Waals surface area contributed by atoms with Gasteiger partial charge in [0.25, 0.3) is 5.91 Å². The predicted octanol–water partition coefficient (Wildman–Crippen LogP) is 4.08. The van der Waals surface area contributed by atoms with Crippen molar-refractivity contribution in [2.75, 3.05) is 31.7 Å². The normalized spacial score (nSPS) is 12.5. The van der Waals surface area contributed by atoms with Gasteiger partial charge in [-0.05, 0) is 56.9 Å². The number of rotatable bonds is 9. The summed E-state index contributed by atoms with van der Waals surface area (Å²) in [6.45, 7) is 5.56. The summed E-state index contributed by atoms with van der Waals surface area (Å²) in [6, 6.07) is 6.97. The first kappa shape index (κ1) is 20.4. The lowest BCUT2D eigenvalue weighted by molar-refractivity contribution is 0.0527. The van der Waals surface area contributed by atoms with Crippen LogP contribution in [0.25, 0.3) is 0 Å². The summed E-state index contributed by atoms with van der Waals surface area (Å²) < 4.78 is 16.1. The molecule has 7 heteroatoms. The third-order valence-corrected chi connectivity index (χ3v) is 5.63. The van der Waals surface area contributed by atoms with Gasteiger partial charge < -0.3 is 19.5 Å². The number of aryl methyl sites for hydroxylation is 1. The molecular weight excluding hydrogens is 378 g/mol. The minimum absolute atomic E-state index is 0.277. The average Bonchev–Trinajstić information content (AvgIpc) is 3.26. The first-order chi connectivity index (χ1) is 13.6. The third kappa shape index (κ3) is 4.72. The summed E-state index contributed by atoms with van der Waals surface area (Å²) in [5, 5.41) is 3.46. The van der Waals surface area contributed by atoms with Gasteiger partial charge in [0.1, 0.15) is 17.4 Å². The maximum Gasteiger partial charge on any atom is 0.341 e. The van der Waals surface area contributed by atoms with E-state index >= 15 is 0 Å². The predicted molar refractivity (Wildman–Crippen MR) is 109 cm³/mol.